The van der Waals surface area contributed by atoms with E-state index in [4.69, 9.17) is 17.2 Å². The van der Waals surface area contributed by atoms with E-state index in [1.165, 1.54) is 6.20 Å². The van der Waals surface area contributed by atoms with Gasteiger partial charge in [-0.25, -0.2) is 9.97 Å². The summed E-state index contributed by atoms with van der Waals surface area (Å²) in [6.45, 7) is 10.2. The molecule has 5 aromatic heterocycles. The van der Waals surface area contributed by atoms with Crippen molar-refractivity contribution in [3.63, 3.8) is 0 Å². The van der Waals surface area contributed by atoms with E-state index in [1.807, 2.05) is 46.3 Å². The Labute approximate surface area is 310 Å². The van der Waals surface area contributed by atoms with Gasteiger partial charge in [-0.05, 0) is 98.4 Å². The van der Waals surface area contributed by atoms with Crippen molar-refractivity contribution in [2.24, 2.45) is 17.8 Å². The lowest BCUT2D eigenvalue weighted by atomic mass is 9.98. The van der Waals surface area contributed by atoms with Crippen LogP contribution in [0, 0.1) is 20.8 Å². The number of hydrogen-bond donors (Lipinski definition) is 5. The normalized spacial score (nSPS) is 16.7. The van der Waals surface area contributed by atoms with Crippen LogP contribution in [-0.2, 0) is 7.05 Å². The number of pyridine rings is 2. The lowest BCUT2D eigenvalue weighted by Gasteiger charge is -2.29. The number of fused-ring (bicyclic) bond motifs is 2. The van der Waals surface area contributed by atoms with Gasteiger partial charge >= 0.3 is 0 Å². The zero-order valence-corrected chi connectivity index (χ0v) is 31.8. The highest BCUT2D eigenvalue weighted by Crippen LogP contribution is 2.31. The number of aliphatic imine (C=N–C) groups is 1. The number of anilines is 4. The van der Waals surface area contributed by atoms with Crippen LogP contribution in [-0.4, -0.2) is 115 Å². The summed E-state index contributed by atoms with van der Waals surface area (Å²) in [5.74, 6) is 1.97. The van der Waals surface area contributed by atoms with Gasteiger partial charge in [0.25, 0.3) is 0 Å². The van der Waals surface area contributed by atoms with Crippen molar-refractivity contribution in [2.75, 3.05) is 69.4 Å². The van der Waals surface area contributed by atoms with Gasteiger partial charge in [-0.15, -0.1) is 0 Å². The maximum absolute atomic E-state index is 6.30. The highest BCUT2D eigenvalue weighted by molar-refractivity contribution is 6.12. The fourth-order valence-corrected chi connectivity index (χ4v) is 7.09. The van der Waals surface area contributed by atoms with Gasteiger partial charge in [0, 0.05) is 78.4 Å². The quantitative estimate of drug-likeness (QED) is 0.152. The van der Waals surface area contributed by atoms with Crippen molar-refractivity contribution in [1.82, 2.24) is 49.5 Å². The lowest BCUT2D eigenvalue weighted by molar-refractivity contribution is 0.263. The molecule has 280 valence electrons. The fourth-order valence-electron chi connectivity index (χ4n) is 7.09. The molecule has 0 saturated carbocycles. The van der Waals surface area contributed by atoms with Crippen LogP contribution in [0.5, 0.6) is 0 Å². The van der Waals surface area contributed by atoms with Gasteiger partial charge in [-0.1, -0.05) is 0 Å². The minimum atomic E-state index is 0.354. The van der Waals surface area contributed by atoms with E-state index in [0.717, 1.165) is 102 Å². The Kier molecular flexibility index (Phi) is 11.3. The topological polar surface area (TPSA) is 216 Å². The van der Waals surface area contributed by atoms with E-state index in [-0.39, 0.29) is 0 Å². The molecule has 2 aliphatic heterocycles. The second-order valence-electron chi connectivity index (χ2n) is 14.1. The summed E-state index contributed by atoms with van der Waals surface area (Å²) in [4.78, 5) is 36.3. The van der Waals surface area contributed by atoms with Gasteiger partial charge in [-0.3, -0.25) is 9.67 Å². The molecule has 0 atom stereocenters. The Hall–Kier alpha value is -5.48. The predicted molar refractivity (Wildman–Crippen MR) is 215 cm³/mol. The first-order valence-electron chi connectivity index (χ1n) is 18.1. The molecular weight excluding hydrogens is 669 g/mol. The van der Waals surface area contributed by atoms with Crippen molar-refractivity contribution >= 4 is 57.4 Å². The largest absolute Gasteiger partial charge is 0.404 e. The van der Waals surface area contributed by atoms with Crippen molar-refractivity contribution in [1.29, 1.82) is 0 Å². The van der Waals surface area contributed by atoms with Gasteiger partial charge in [0.15, 0.2) is 11.3 Å². The molecule has 2 saturated heterocycles. The average molecular weight is 721 g/mol. The number of nitrogens with zero attached hydrogens (tertiary/aromatic N) is 11. The first kappa shape index (κ1) is 37.3. The number of aryl methyl sites for hydroxylation is 4. The van der Waals surface area contributed by atoms with Crippen LogP contribution in [0.25, 0.3) is 38.8 Å². The van der Waals surface area contributed by atoms with Gasteiger partial charge in [0.1, 0.15) is 11.6 Å². The van der Waals surface area contributed by atoms with Gasteiger partial charge in [-0.2, -0.15) is 25.0 Å². The third kappa shape index (κ3) is 8.44. The number of aromatic nitrogens is 8. The number of allylic oxidation sites excluding steroid dienone is 1. The van der Waals surface area contributed by atoms with E-state index in [0.29, 0.717) is 46.9 Å². The van der Waals surface area contributed by atoms with Gasteiger partial charge in [0.2, 0.25) is 11.9 Å². The van der Waals surface area contributed by atoms with E-state index in [2.05, 4.69) is 74.5 Å². The summed E-state index contributed by atoms with van der Waals surface area (Å²) in [5.41, 5.74) is 25.9. The second kappa shape index (κ2) is 16.0. The Morgan fingerprint density at radius 2 is 1.36 bits per heavy atom. The van der Waals surface area contributed by atoms with Crippen molar-refractivity contribution in [3.05, 3.63) is 47.2 Å². The number of hydrogen-bond acceptors (Lipinski definition) is 15. The van der Waals surface area contributed by atoms with Crippen molar-refractivity contribution in [2.45, 2.75) is 58.5 Å². The lowest BCUT2D eigenvalue weighted by Crippen LogP contribution is -2.37. The van der Waals surface area contributed by atoms with Crippen molar-refractivity contribution < 1.29 is 0 Å². The maximum Gasteiger partial charge on any atom is 0.226 e. The average Bonchev–Trinajstić information content (AvgIpc) is 3.55. The molecule has 16 nitrogen and oxygen atoms in total. The molecule has 5 aromatic rings. The summed E-state index contributed by atoms with van der Waals surface area (Å²) in [7, 11) is 7.89. The molecule has 0 aromatic carbocycles. The third-order valence-corrected chi connectivity index (χ3v) is 10.1. The highest BCUT2D eigenvalue weighted by atomic mass is 15.2. The molecule has 0 aliphatic carbocycles. The Morgan fingerprint density at radius 3 is 1.91 bits per heavy atom. The van der Waals surface area contributed by atoms with Gasteiger partial charge in [0.05, 0.1) is 17.0 Å². The standard InChI is InChI=1S/C19H28N8.C18H24N8/c1-11-15(13(9-20)10-22-3)12(2)23-18-16(11)17(21)25-19(26-18)24-14-5-7-27(4)8-6-14;1-11-14(12-9-20-26(3)10-12)8-15-16(19)23-18(24-17(15)21-11)22-13-4-6-25(2)7-5-13/h9-10,14H,5-8,20H2,1-4H3,(H3,21,23,24,25,26);8-10,13H,4-7H2,1-3H3,(H3,19,21,22,23,24)/b13-9+,22-10?;. The van der Waals surface area contributed by atoms with E-state index < -0.39 is 0 Å². The van der Waals surface area contributed by atoms with Crippen LogP contribution in [0.2, 0.25) is 0 Å². The zero-order chi connectivity index (χ0) is 37.8. The summed E-state index contributed by atoms with van der Waals surface area (Å²) in [5, 5.41) is 12.6. The molecule has 8 N–H and O–H groups in total. The van der Waals surface area contributed by atoms with Crippen LogP contribution in [0.1, 0.15) is 48.2 Å². The summed E-state index contributed by atoms with van der Waals surface area (Å²) in [6.07, 6.45) is 11.3. The molecule has 53 heavy (non-hydrogen) atoms. The molecular formula is C37H52N16. The van der Waals surface area contributed by atoms with Crippen LogP contribution in [0.15, 0.2) is 29.7 Å². The van der Waals surface area contributed by atoms with Crippen LogP contribution < -0.4 is 27.8 Å². The van der Waals surface area contributed by atoms with Gasteiger partial charge < -0.3 is 37.6 Å². The highest BCUT2D eigenvalue weighted by Gasteiger charge is 2.21. The summed E-state index contributed by atoms with van der Waals surface area (Å²) in [6, 6.07) is 2.73. The number of nitrogen functional groups attached to an aromatic ring is 2. The van der Waals surface area contributed by atoms with E-state index in [1.54, 1.807) is 17.9 Å². The van der Waals surface area contributed by atoms with E-state index in [9.17, 15) is 0 Å². The smallest absolute Gasteiger partial charge is 0.226 e. The molecule has 0 spiro atoms. The minimum Gasteiger partial charge on any atom is -0.404 e. The predicted octanol–water partition coefficient (Wildman–Crippen LogP) is 3.55. The summed E-state index contributed by atoms with van der Waals surface area (Å²) >= 11 is 0. The SMILES string of the molecule is CN=C/C(=C\N)c1c(C)nc2nc(NC3CCN(C)CC3)nc(N)c2c1C.Cc1nc2nc(NC3CCN(C)CC3)nc(N)c2cc1-c1cnn(C)c1. The number of nitrogens with one attached hydrogen (secondary N) is 2. The fraction of sp³-hybridized carbons (Fsp3) is 0.459. The summed E-state index contributed by atoms with van der Waals surface area (Å²) < 4.78 is 1.77. The Morgan fingerprint density at radius 1 is 0.792 bits per heavy atom. The zero-order valence-electron chi connectivity index (χ0n) is 31.8. The molecule has 7 rings (SSSR count). The number of likely N-dealkylation sites (tertiary alicyclic amines) is 2. The van der Waals surface area contributed by atoms with Crippen LogP contribution in [0.3, 0.4) is 0 Å². The third-order valence-electron chi connectivity index (χ3n) is 10.1. The molecule has 7 heterocycles. The Balaban J connectivity index is 0.000000181. The number of piperidine rings is 2. The minimum absolute atomic E-state index is 0.354. The molecule has 0 unspecified atom stereocenters. The molecule has 0 bridgehead atoms. The van der Waals surface area contributed by atoms with Crippen LogP contribution >= 0.6 is 0 Å². The van der Waals surface area contributed by atoms with Crippen LogP contribution in [0.4, 0.5) is 23.5 Å². The first-order valence-corrected chi connectivity index (χ1v) is 18.1. The Bertz CT molecular complexity index is 2140. The second-order valence-corrected chi connectivity index (χ2v) is 14.1. The molecule has 2 aliphatic rings. The molecule has 0 amide bonds. The first-order chi connectivity index (χ1) is 25.4. The number of nitrogens with two attached hydrogens (primary N) is 3. The molecule has 0 radical (unpaired) electrons. The maximum atomic E-state index is 6.30. The number of rotatable bonds is 7. The van der Waals surface area contributed by atoms with E-state index >= 15 is 0 Å². The monoisotopic (exact) mass is 720 g/mol. The molecule has 16 heteroatoms. The molecule has 2 fully saturated rings. The van der Waals surface area contributed by atoms with Crippen molar-refractivity contribution in [3.8, 4) is 11.1 Å².